The molecule has 1 fully saturated rings. The molecule has 2 aliphatic carbocycles. The van der Waals surface area contributed by atoms with Crippen molar-refractivity contribution >= 4 is 35.2 Å². The summed E-state index contributed by atoms with van der Waals surface area (Å²) in [6.07, 6.45) is 6.93. The molecule has 1 saturated carbocycles. The SMILES string of the molecule is CC(C)N(C(=O)O[C@H](C1=CC[C@@H]2C[C@H]1CCC2(C)C)[Sn]([c]1ccccc1)([c]1ccccc1)[c]1ccccc1)C(C)C. The van der Waals surface area contributed by atoms with E-state index >= 15 is 0 Å². The van der Waals surface area contributed by atoms with E-state index in [1.54, 1.807) is 0 Å². The number of rotatable bonds is 8. The zero-order valence-corrected chi connectivity index (χ0v) is 28.6. The van der Waals surface area contributed by atoms with Gasteiger partial charge in [0.1, 0.15) is 0 Å². The first-order valence-electron chi connectivity index (χ1n) is 15.5. The van der Waals surface area contributed by atoms with Crippen molar-refractivity contribution in [3.63, 3.8) is 0 Å². The molecule has 0 heterocycles. The minimum atomic E-state index is -4.09. The summed E-state index contributed by atoms with van der Waals surface area (Å²) in [6.45, 7) is 13.2. The maximum absolute atomic E-state index is 14.3. The standard InChI is InChI=1S/C19H32NO2.3C6H5.Sn/c1-13(2)20(14(3)4)18(21)22-12-16-7-8-17-11-15(16)9-10-19(17,5)6;3*1-2-4-6-5-3-1;/h7,12-15,17H,8-11H2,1-6H3;3*1-5H;/t15-,17-;;;;/m1..../s1. The van der Waals surface area contributed by atoms with E-state index in [1.165, 1.54) is 29.2 Å². The van der Waals surface area contributed by atoms with Gasteiger partial charge in [-0.05, 0) is 0 Å². The summed E-state index contributed by atoms with van der Waals surface area (Å²) in [6, 6.07) is 33.2. The van der Waals surface area contributed by atoms with E-state index in [-0.39, 0.29) is 22.3 Å². The molecule has 0 aliphatic heterocycles. The van der Waals surface area contributed by atoms with E-state index in [2.05, 4.69) is 139 Å². The Bertz CT molecular complexity index is 1230. The Morgan fingerprint density at radius 2 is 1.27 bits per heavy atom. The average molecular weight is 656 g/mol. The van der Waals surface area contributed by atoms with Gasteiger partial charge in [0.05, 0.1) is 0 Å². The second-order valence-electron chi connectivity index (χ2n) is 13.4. The van der Waals surface area contributed by atoms with Crippen LogP contribution in [0.1, 0.15) is 67.2 Å². The van der Waals surface area contributed by atoms with E-state index in [4.69, 9.17) is 4.74 Å². The fourth-order valence-corrected chi connectivity index (χ4v) is 22.5. The molecule has 3 atom stereocenters. The third-order valence-corrected chi connectivity index (χ3v) is 24.0. The fourth-order valence-electron chi connectivity index (χ4n) is 7.66. The molecule has 1 amide bonds. The Kier molecular flexibility index (Phi) is 9.03. The Labute approximate surface area is 251 Å². The first kappa shape index (κ1) is 29.9. The molecule has 0 radical (unpaired) electrons. The molecule has 0 spiro atoms. The molecule has 0 N–H and O–H groups in total. The normalized spacial score (nSPS) is 20.8. The monoisotopic (exact) mass is 657 g/mol. The first-order valence-corrected chi connectivity index (χ1v) is 21.4. The van der Waals surface area contributed by atoms with Crippen LogP contribution in [0.2, 0.25) is 0 Å². The zero-order chi connectivity index (χ0) is 29.2. The molecule has 0 unspecified atom stereocenters. The van der Waals surface area contributed by atoms with E-state index in [1.807, 2.05) is 4.90 Å². The molecule has 2 aliphatic rings. The van der Waals surface area contributed by atoms with Gasteiger partial charge < -0.3 is 0 Å². The third-order valence-electron chi connectivity index (χ3n) is 9.85. The van der Waals surface area contributed by atoms with Gasteiger partial charge in [0.2, 0.25) is 0 Å². The molecule has 3 nitrogen and oxygen atoms in total. The summed E-state index contributed by atoms with van der Waals surface area (Å²) < 4.78 is 10.8. The van der Waals surface area contributed by atoms with Crippen LogP contribution in [-0.4, -0.2) is 45.6 Å². The van der Waals surface area contributed by atoms with Gasteiger partial charge in [-0.1, -0.05) is 0 Å². The predicted molar refractivity (Wildman–Crippen MR) is 174 cm³/mol. The van der Waals surface area contributed by atoms with Crippen molar-refractivity contribution in [2.75, 3.05) is 0 Å². The van der Waals surface area contributed by atoms with Gasteiger partial charge in [-0.2, -0.15) is 0 Å². The van der Waals surface area contributed by atoms with Gasteiger partial charge in [-0.3, -0.25) is 0 Å². The van der Waals surface area contributed by atoms with E-state index in [9.17, 15) is 4.79 Å². The molecule has 5 rings (SSSR count). The number of fused-ring (bicyclic) bond motifs is 2. The fraction of sp³-hybridized carbons (Fsp3) is 0.432. The quantitative estimate of drug-likeness (QED) is 0.192. The van der Waals surface area contributed by atoms with Crippen LogP contribution < -0.4 is 10.7 Å². The number of carbonyl (C=O) groups is 1. The molecule has 3 aromatic rings. The summed E-state index contributed by atoms with van der Waals surface area (Å²) >= 11 is -4.09. The number of benzene rings is 3. The summed E-state index contributed by atoms with van der Waals surface area (Å²) in [7, 11) is 0. The van der Waals surface area contributed by atoms with Crippen molar-refractivity contribution in [1.29, 1.82) is 0 Å². The Hall–Kier alpha value is -2.53. The van der Waals surface area contributed by atoms with Crippen LogP contribution in [0.15, 0.2) is 103 Å². The summed E-state index contributed by atoms with van der Waals surface area (Å²) in [5.41, 5.74) is 1.74. The van der Waals surface area contributed by atoms with Crippen LogP contribution in [0.25, 0.3) is 0 Å². The Morgan fingerprint density at radius 3 is 1.71 bits per heavy atom. The van der Waals surface area contributed by atoms with Gasteiger partial charge in [0.15, 0.2) is 0 Å². The third kappa shape index (κ3) is 5.76. The topological polar surface area (TPSA) is 29.5 Å². The molecule has 0 aromatic heterocycles. The summed E-state index contributed by atoms with van der Waals surface area (Å²) in [5, 5.41) is 0. The molecular formula is C37H47NO2Sn. The van der Waals surface area contributed by atoms with Crippen LogP contribution >= 0.6 is 0 Å². The second-order valence-corrected chi connectivity index (χ2v) is 24.4. The molecule has 4 heteroatoms. The van der Waals surface area contributed by atoms with Gasteiger partial charge >= 0.3 is 253 Å². The summed E-state index contributed by atoms with van der Waals surface area (Å²) in [4.78, 5) is 16.2. The molecule has 2 bridgehead atoms. The number of carbonyl (C=O) groups excluding carboxylic acids is 1. The van der Waals surface area contributed by atoms with Crippen molar-refractivity contribution in [2.45, 2.75) is 83.4 Å². The zero-order valence-electron chi connectivity index (χ0n) is 25.7. The number of amides is 1. The van der Waals surface area contributed by atoms with Crippen molar-refractivity contribution in [3.8, 4) is 0 Å². The average Bonchev–Trinajstić information content (AvgIpc) is 2.97. The molecule has 3 aromatic carbocycles. The van der Waals surface area contributed by atoms with Crippen LogP contribution in [0, 0.1) is 17.3 Å². The van der Waals surface area contributed by atoms with Crippen LogP contribution in [-0.2, 0) is 4.74 Å². The van der Waals surface area contributed by atoms with E-state index in [0.717, 1.165) is 12.8 Å². The van der Waals surface area contributed by atoms with E-state index in [0.29, 0.717) is 17.3 Å². The summed E-state index contributed by atoms with van der Waals surface area (Å²) in [5.74, 6) is 1.12. The number of ether oxygens (including phenoxy) is 1. The van der Waals surface area contributed by atoms with Gasteiger partial charge in [-0.25, -0.2) is 0 Å². The molecule has 0 saturated heterocycles. The number of allylic oxidation sites excluding steroid dienone is 1. The van der Waals surface area contributed by atoms with Gasteiger partial charge in [0, 0.05) is 0 Å². The number of nitrogens with zero attached hydrogens (tertiary/aromatic N) is 1. The van der Waals surface area contributed by atoms with Gasteiger partial charge in [-0.15, -0.1) is 0 Å². The minimum absolute atomic E-state index is 0.0538. The molecular weight excluding hydrogens is 609 g/mol. The van der Waals surface area contributed by atoms with Gasteiger partial charge in [0.25, 0.3) is 0 Å². The van der Waals surface area contributed by atoms with E-state index < -0.39 is 18.4 Å². The van der Waals surface area contributed by atoms with Crippen LogP contribution in [0.4, 0.5) is 4.79 Å². The van der Waals surface area contributed by atoms with Crippen molar-refractivity contribution in [3.05, 3.63) is 103 Å². The Balaban J connectivity index is 1.79. The molecule has 216 valence electrons. The first-order chi connectivity index (χ1) is 19.7. The molecule has 41 heavy (non-hydrogen) atoms. The number of hydrogen-bond acceptors (Lipinski definition) is 2. The van der Waals surface area contributed by atoms with Crippen molar-refractivity contribution < 1.29 is 9.53 Å². The van der Waals surface area contributed by atoms with Crippen LogP contribution in [0.3, 0.4) is 0 Å². The van der Waals surface area contributed by atoms with Crippen molar-refractivity contribution in [2.24, 2.45) is 17.3 Å². The predicted octanol–water partition coefficient (Wildman–Crippen LogP) is 7.09. The number of hydrogen-bond donors (Lipinski definition) is 0. The van der Waals surface area contributed by atoms with Crippen LogP contribution in [0.5, 0.6) is 0 Å². The maximum atomic E-state index is 14.3. The van der Waals surface area contributed by atoms with Crippen molar-refractivity contribution in [1.82, 2.24) is 4.90 Å². The Morgan fingerprint density at radius 1 is 0.805 bits per heavy atom. The second kappa shape index (κ2) is 12.4.